The predicted molar refractivity (Wildman–Crippen MR) is 86.8 cm³/mol. The fraction of sp³-hybridized carbons (Fsp3) is 0.467. The van der Waals surface area contributed by atoms with E-state index in [1.165, 1.54) is 14.2 Å². The standard InChI is InChI=1S/C15H19Cl2NO5/c1-21-5-6-23-9-14(19)18-13(15(20)22-2)7-10-3-4-11(16)8-12(10)17/h3-4,8,13H,5-7,9H2,1-2H3,(H,18,19)/t13-/m0/s1. The van der Waals surface area contributed by atoms with Gasteiger partial charge in [-0.1, -0.05) is 29.3 Å². The van der Waals surface area contributed by atoms with Crippen LogP contribution in [0.15, 0.2) is 18.2 Å². The maximum atomic E-state index is 11.8. The minimum Gasteiger partial charge on any atom is -0.467 e. The first-order valence-corrected chi connectivity index (χ1v) is 7.61. The van der Waals surface area contributed by atoms with Crippen LogP contribution in [0.1, 0.15) is 5.56 Å². The summed E-state index contributed by atoms with van der Waals surface area (Å²) in [5.74, 6) is -0.997. The summed E-state index contributed by atoms with van der Waals surface area (Å²) < 4.78 is 14.6. The summed E-state index contributed by atoms with van der Waals surface area (Å²) in [7, 11) is 2.78. The Morgan fingerprint density at radius 2 is 1.96 bits per heavy atom. The molecular weight excluding hydrogens is 345 g/mol. The molecule has 23 heavy (non-hydrogen) atoms. The summed E-state index contributed by atoms with van der Waals surface area (Å²) in [6.45, 7) is 0.495. The molecule has 0 spiro atoms. The second-order valence-electron chi connectivity index (χ2n) is 4.63. The molecule has 1 aromatic rings. The molecule has 0 aromatic heterocycles. The Kier molecular flexibility index (Phi) is 8.94. The van der Waals surface area contributed by atoms with Crippen LogP contribution in [0.3, 0.4) is 0 Å². The average Bonchev–Trinajstić information content (AvgIpc) is 2.52. The fourth-order valence-corrected chi connectivity index (χ4v) is 2.27. The van der Waals surface area contributed by atoms with Crippen molar-refractivity contribution < 1.29 is 23.8 Å². The number of ether oxygens (including phenoxy) is 3. The molecule has 0 radical (unpaired) electrons. The maximum absolute atomic E-state index is 11.8. The van der Waals surface area contributed by atoms with Crippen molar-refractivity contribution in [1.29, 1.82) is 0 Å². The van der Waals surface area contributed by atoms with Gasteiger partial charge in [-0.05, 0) is 17.7 Å². The Balaban J connectivity index is 2.65. The van der Waals surface area contributed by atoms with Gasteiger partial charge in [0.05, 0.1) is 20.3 Å². The third-order valence-electron chi connectivity index (χ3n) is 2.93. The van der Waals surface area contributed by atoms with Crippen molar-refractivity contribution in [3.8, 4) is 0 Å². The molecule has 0 aliphatic rings. The lowest BCUT2D eigenvalue weighted by atomic mass is 10.1. The number of carbonyl (C=O) groups excluding carboxylic acids is 2. The van der Waals surface area contributed by atoms with Gasteiger partial charge in [-0.25, -0.2) is 4.79 Å². The molecule has 1 amide bonds. The van der Waals surface area contributed by atoms with Gasteiger partial charge in [0.25, 0.3) is 0 Å². The molecule has 0 aliphatic carbocycles. The molecule has 1 rings (SSSR count). The number of esters is 1. The number of benzene rings is 1. The molecule has 0 aliphatic heterocycles. The SMILES string of the molecule is COCCOCC(=O)N[C@@H](Cc1ccc(Cl)cc1Cl)C(=O)OC. The van der Waals surface area contributed by atoms with Gasteiger partial charge in [0.15, 0.2) is 0 Å². The number of nitrogens with one attached hydrogen (secondary N) is 1. The molecule has 0 saturated heterocycles. The number of hydrogen-bond acceptors (Lipinski definition) is 5. The van der Waals surface area contributed by atoms with E-state index in [0.29, 0.717) is 22.2 Å². The van der Waals surface area contributed by atoms with Gasteiger partial charge in [-0.15, -0.1) is 0 Å². The zero-order valence-corrected chi connectivity index (χ0v) is 14.4. The summed E-state index contributed by atoms with van der Waals surface area (Å²) in [6.07, 6.45) is 0.187. The smallest absolute Gasteiger partial charge is 0.328 e. The van der Waals surface area contributed by atoms with Crippen LogP contribution >= 0.6 is 23.2 Å². The highest BCUT2D eigenvalue weighted by atomic mass is 35.5. The highest BCUT2D eigenvalue weighted by Crippen LogP contribution is 2.22. The van der Waals surface area contributed by atoms with Gasteiger partial charge in [0.1, 0.15) is 12.6 Å². The number of methoxy groups -OCH3 is 2. The molecule has 0 heterocycles. The van der Waals surface area contributed by atoms with E-state index in [1.807, 2.05) is 0 Å². The second kappa shape index (κ2) is 10.4. The van der Waals surface area contributed by atoms with Crippen molar-refractivity contribution in [2.24, 2.45) is 0 Å². The summed E-state index contributed by atoms with van der Waals surface area (Å²) >= 11 is 11.9. The average molecular weight is 364 g/mol. The third-order valence-corrected chi connectivity index (χ3v) is 3.51. The molecular formula is C15H19Cl2NO5. The van der Waals surface area contributed by atoms with Crippen LogP contribution in [0.25, 0.3) is 0 Å². The topological polar surface area (TPSA) is 73.9 Å². The van der Waals surface area contributed by atoms with Gasteiger partial charge < -0.3 is 19.5 Å². The van der Waals surface area contributed by atoms with Crippen LogP contribution in [0, 0.1) is 0 Å². The Bertz CT molecular complexity index is 539. The van der Waals surface area contributed by atoms with E-state index in [2.05, 4.69) is 5.32 Å². The molecule has 8 heteroatoms. The third kappa shape index (κ3) is 7.18. The lowest BCUT2D eigenvalue weighted by Gasteiger charge is -2.17. The highest BCUT2D eigenvalue weighted by molar-refractivity contribution is 6.35. The number of carbonyl (C=O) groups is 2. The van der Waals surface area contributed by atoms with E-state index in [-0.39, 0.29) is 19.6 Å². The van der Waals surface area contributed by atoms with Crippen LogP contribution < -0.4 is 5.32 Å². The number of amides is 1. The number of rotatable bonds is 9. The van der Waals surface area contributed by atoms with Crippen molar-refractivity contribution in [2.45, 2.75) is 12.5 Å². The summed E-state index contributed by atoms with van der Waals surface area (Å²) in [4.78, 5) is 23.7. The number of hydrogen-bond donors (Lipinski definition) is 1. The van der Waals surface area contributed by atoms with Gasteiger partial charge in [-0.3, -0.25) is 4.79 Å². The molecule has 0 unspecified atom stereocenters. The molecule has 6 nitrogen and oxygen atoms in total. The molecule has 0 fully saturated rings. The lowest BCUT2D eigenvalue weighted by Crippen LogP contribution is -2.44. The first kappa shape index (κ1) is 19.7. The maximum Gasteiger partial charge on any atom is 0.328 e. The van der Waals surface area contributed by atoms with Crippen molar-refractivity contribution in [3.05, 3.63) is 33.8 Å². The molecule has 1 aromatic carbocycles. The lowest BCUT2D eigenvalue weighted by molar-refractivity contribution is -0.145. The largest absolute Gasteiger partial charge is 0.467 e. The molecule has 0 bridgehead atoms. The molecule has 128 valence electrons. The summed E-state index contributed by atoms with van der Waals surface area (Å²) in [5, 5.41) is 3.47. The first-order valence-electron chi connectivity index (χ1n) is 6.85. The fourth-order valence-electron chi connectivity index (χ4n) is 1.79. The van der Waals surface area contributed by atoms with Gasteiger partial charge in [-0.2, -0.15) is 0 Å². The zero-order valence-electron chi connectivity index (χ0n) is 12.9. The Labute approximate surface area is 145 Å². The molecule has 0 saturated carbocycles. The summed E-state index contributed by atoms with van der Waals surface area (Å²) in [5.41, 5.74) is 0.673. The van der Waals surface area contributed by atoms with E-state index in [9.17, 15) is 9.59 Å². The quantitative estimate of drug-likeness (QED) is 0.535. The van der Waals surface area contributed by atoms with Gasteiger partial charge in [0.2, 0.25) is 5.91 Å². The van der Waals surface area contributed by atoms with E-state index < -0.39 is 17.9 Å². The van der Waals surface area contributed by atoms with E-state index in [4.69, 9.17) is 37.4 Å². The van der Waals surface area contributed by atoms with Crippen molar-refractivity contribution >= 4 is 35.1 Å². The van der Waals surface area contributed by atoms with Crippen LogP contribution in [-0.2, 0) is 30.2 Å². The summed E-state index contributed by atoms with van der Waals surface area (Å²) in [6, 6.07) is 4.06. The monoisotopic (exact) mass is 363 g/mol. The first-order chi connectivity index (χ1) is 11.0. The Morgan fingerprint density at radius 1 is 1.22 bits per heavy atom. The molecule has 1 N–H and O–H groups in total. The Hall–Kier alpha value is -1.34. The van der Waals surface area contributed by atoms with E-state index in [0.717, 1.165) is 0 Å². The van der Waals surface area contributed by atoms with Crippen LogP contribution in [0.2, 0.25) is 10.0 Å². The van der Waals surface area contributed by atoms with Crippen LogP contribution in [0.4, 0.5) is 0 Å². The minimum atomic E-state index is -0.864. The molecule has 1 atom stereocenters. The Morgan fingerprint density at radius 3 is 2.57 bits per heavy atom. The van der Waals surface area contributed by atoms with Crippen molar-refractivity contribution in [1.82, 2.24) is 5.32 Å². The van der Waals surface area contributed by atoms with Crippen LogP contribution in [-0.4, -0.2) is 52.0 Å². The highest BCUT2D eigenvalue weighted by Gasteiger charge is 2.23. The normalized spacial score (nSPS) is 11.8. The van der Waals surface area contributed by atoms with Gasteiger partial charge >= 0.3 is 5.97 Å². The second-order valence-corrected chi connectivity index (χ2v) is 5.47. The number of halogens is 2. The van der Waals surface area contributed by atoms with Gasteiger partial charge in [0, 0.05) is 23.6 Å². The van der Waals surface area contributed by atoms with Crippen LogP contribution in [0.5, 0.6) is 0 Å². The van der Waals surface area contributed by atoms with E-state index in [1.54, 1.807) is 18.2 Å². The minimum absolute atomic E-state index is 0.175. The zero-order chi connectivity index (χ0) is 17.2. The van der Waals surface area contributed by atoms with Crippen molar-refractivity contribution in [3.63, 3.8) is 0 Å². The van der Waals surface area contributed by atoms with Crippen molar-refractivity contribution in [2.75, 3.05) is 34.0 Å². The van der Waals surface area contributed by atoms with E-state index >= 15 is 0 Å². The predicted octanol–water partition coefficient (Wildman–Crippen LogP) is 1.86.